The standard InChI is InChI=1S/C20H21NO4/c1-3-14(2)17-9-4-5-10-18(17)25-19(22)15-7-6-8-16(13-15)21-11-12-24-20(21)23/h4-10,13-14H,3,11-12H2,1-2H3. The van der Waals surface area contributed by atoms with Crippen LogP contribution in [0, 0.1) is 0 Å². The van der Waals surface area contributed by atoms with Crippen molar-refractivity contribution in [3.8, 4) is 5.75 Å². The van der Waals surface area contributed by atoms with E-state index in [0.29, 0.717) is 36.1 Å². The van der Waals surface area contributed by atoms with Gasteiger partial charge in [-0.1, -0.05) is 38.1 Å². The summed E-state index contributed by atoms with van der Waals surface area (Å²) < 4.78 is 10.6. The van der Waals surface area contributed by atoms with Crippen LogP contribution in [0.15, 0.2) is 48.5 Å². The zero-order valence-corrected chi connectivity index (χ0v) is 14.4. The van der Waals surface area contributed by atoms with Gasteiger partial charge in [0.25, 0.3) is 0 Å². The predicted molar refractivity (Wildman–Crippen MR) is 95.2 cm³/mol. The summed E-state index contributed by atoms with van der Waals surface area (Å²) in [7, 11) is 0. The van der Waals surface area contributed by atoms with E-state index in [9.17, 15) is 9.59 Å². The first-order chi connectivity index (χ1) is 12.1. The van der Waals surface area contributed by atoms with E-state index in [1.165, 1.54) is 4.90 Å². The number of nitrogens with zero attached hydrogens (tertiary/aromatic N) is 1. The quantitative estimate of drug-likeness (QED) is 0.599. The number of benzene rings is 2. The van der Waals surface area contributed by atoms with Gasteiger partial charge in [-0.05, 0) is 42.2 Å². The van der Waals surface area contributed by atoms with Gasteiger partial charge >= 0.3 is 12.1 Å². The molecule has 5 heteroatoms. The lowest BCUT2D eigenvalue weighted by Gasteiger charge is -2.16. The number of carbonyl (C=O) groups excluding carboxylic acids is 2. The number of hydrogen-bond donors (Lipinski definition) is 0. The van der Waals surface area contributed by atoms with E-state index >= 15 is 0 Å². The minimum atomic E-state index is -0.440. The highest BCUT2D eigenvalue weighted by Gasteiger charge is 2.24. The van der Waals surface area contributed by atoms with Gasteiger partial charge in [0.05, 0.1) is 12.1 Å². The maximum atomic E-state index is 12.6. The highest BCUT2D eigenvalue weighted by molar-refractivity contribution is 5.95. The first-order valence-corrected chi connectivity index (χ1v) is 8.45. The van der Waals surface area contributed by atoms with Crippen molar-refractivity contribution in [3.63, 3.8) is 0 Å². The summed E-state index contributed by atoms with van der Waals surface area (Å²) in [6.07, 6.45) is 0.564. The summed E-state index contributed by atoms with van der Waals surface area (Å²) in [6.45, 7) is 5.04. The molecule has 25 heavy (non-hydrogen) atoms. The molecular weight excluding hydrogens is 318 g/mol. The average Bonchev–Trinajstić information content (AvgIpc) is 3.07. The molecule has 3 rings (SSSR count). The largest absolute Gasteiger partial charge is 0.447 e. The Kier molecular flexibility index (Phi) is 5.03. The third-order valence-corrected chi connectivity index (χ3v) is 4.42. The van der Waals surface area contributed by atoms with Crippen LogP contribution in [-0.4, -0.2) is 25.2 Å². The van der Waals surface area contributed by atoms with Crippen molar-refractivity contribution in [2.45, 2.75) is 26.2 Å². The van der Waals surface area contributed by atoms with Crippen molar-refractivity contribution in [2.75, 3.05) is 18.1 Å². The number of amides is 1. The normalized spacial score (nSPS) is 15.0. The molecule has 0 spiro atoms. The van der Waals surface area contributed by atoms with Gasteiger partial charge in [-0.2, -0.15) is 0 Å². The Morgan fingerprint density at radius 1 is 1.24 bits per heavy atom. The third kappa shape index (κ3) is 3.65. The molecule has 5 nitrogen and oxygen atoms in total. The van der Waals surface area contributed by atoms with E-state index in [0.717, 1.165) is 12.0 Å². The molecule has 1 aliphatic rings. The first-order valence-electron chi connectivity index (χ1n) is 8.45. The molecule has 0 N–H and O–H groups in total. The molecule has 0 radical (unpaired) electrons. The number of ether oxygens (including phenoxy) is 2. The van der Waals surface area contributed by atoms with Gasteiger partial charge in [-0.25, -0.2) is 9.59 Å². The Morgan fingerprint density at radius 3 is 2.76 bits per heavy atom. The lowest BCUT2D eigenvalue weighted by Crippen LogP contribution is -2.23. The molecule has 1 atom stereocenters. The lowest BCUT2D eigenvalue weighted by molar-refractivity contribution is 0.0732. The van der Waals surface area contributed by atoms with E-state index in [4.69, 9.17) is 9.47 Å². The molecule has 0 aromatic heterocycles. The van der Waals surface area contributed by atoms with Crippen LogP contribution in [0.3, 0.4) is 0 Å². The Morgan fingerprint density at radius 2 is 2.04 bits per heavy atom. The molecule has 2 aromatic carbocycles. The molecular formula is C20H21NO4. The number of rotatable bonds is 5. The molecule has 1 fully saturated rings. The Labute approximate surface area is 147 Å². The van der Waals surface area contributed by atoms with Gasteiger partial charge in [-0.15, -0.1) is 0 Å². The minimum Gasteiger partial charge on any atom is -0.447 e. The zero-order chi connectivity index (χ0) is 17.8. The second kappa shape index (κ2) is 7.38. The van der Waals surface area contributed by atoms with Crippen LogP contribution in [0.5, 0.6) is 5.75 Å². The topological polar surface area (TPSA) is 55.8 Å². The first kappa shape index (κ1) is 17.0. The SMILES string of the molecule is CCC(C)c1ccccc1OC(=O)c1cccc(N2CCOC2=O)c1. The second-order valence-corrected chi connectivity index (χ2v) is 6.05. The van der Waals surface area contributed by atoms with Gasteiger partial charge in [0.2, 0.25) is 0 Å². The maximum Gasteiger partial charge on any atom is 0.414 e. The van der Waals surface area contributed by atoms with Crippen molar-refractivity contribution in [3.05, 3.63) is 59.7 Å². The van der Waals surface area contributed by atoms with Gasteiger partial charge in [0.15, 0.2) is 0 Å². The number of para-hydroxylation sites is 1. The second-order valence-electron chi connectivity index (χ2n) is 6.05. The molecule has 1 unspecified atom stereocenters. The van der Waals surface area contributed by atoms with Crippen molar-refractivity contribution in [1.82, 2.24) is 0 Å². The molecule has 2 aromatic rings. The van der Waals surface area contributed by atoms with Crippen LogP contribution in [0.25, 0.3) is 0 Å². The van der Waals surface area contributed by atoms with Crippen LogP contribution in [0.1, 0.15) is 42.1 Å². The summed E-state index contributed by atoms with van der Waals surface area (Å²) in [5, 5.41) is 0. The van der Waals surface area contributed by atoms with Crippen molar-refractivity contribution in [1.29, 1.82) is 0 Å². The van der Waals surface area contributed by atoms with E-state index in [1.54, 1.807) is 30.3 Å². The van der Waals surface area contributed by atoms with Gasteiger partial charge < -0.3 is 9.47 Å². The molecule has 1 amide bonds. The van der Waals surface area contributed by atoms with Crippen LogP contribution < -0.4 is 9.64 Å². The number of carbonyl (C=O) groups is 2. The zero-order valence-electron chi connectivity index (χ0n) is 14.4. The van der Waals surface area contributed by atoms with E-state index in [2.05, 4.69) is 13.8 Å². The average molecular weight is 339 g/mol. The van der Waals surface area contributed by atoms with E-state index in [1.807, 2.05) is 18.2 Å². The van der Waals surface area contributed by atoms with Crippen LogP contribution in [0.2, 0.25) is 0 Å². The molecule has 1 aliphatic heterocycles. The summed E-state index contributed by atoms with van der Waals surface area (Å²) in [5.41, 5.74) is 2.04. The summed E-state index contributed by atoms with van der Waals surface area (Å²) in [5.74, 6) is 0.438. The number of hydrogen-bond acceptors (Lipinski definition) is 4. The fourth-order valence-electron chi connectivity index (χ4n) is 2.79. The molecule has 1 saturated heterocycles. The molecule has 1 heterocycles. The smallest absolute Gasteiger partial charge is 0.414 e. The molecule has 0 saturated carbocycles. The predicted octanol–water partition coefficient (Wildman–Crippen LogP) is 4.38. The lowest BCUT2D eigenvalue weighted by atomic mass is 9.98. The highest BCUT2D eigenvalue weighted by atomic mass is 16.6. The highest BCUT2D eigenvalue weighted by Crippen LogP contribution is 2.29. The third-order valence-electron chi connectivity index (χ3n) is 4.42. The monoisotopic (exact) mass is 339 g/mol. The Bertz CT molecular complexity index is 787. The molecule has 0 aliphatic carbocycles. The van der Waals surface area contributed by atoms with Crippen LogP contribution in [-0.2, 0) is 4.74 Å². The van der Waals surface area contributed by atoms with E-state index in [-0.39, 0.29) is 0 Å². The fraction of sp³-hybridized carbons (Fsp3) is 0.300. The van der Waals surface area contributed by atoms with Crippen molar-refractivity contribution >= 4 is 17.7 Å². The maximum absolute atomic E-state index is 12.6. The van der Waals surface area contributed by atoms with E-state index < -0.39 is 12.1 Å². The number of esters is 1. The minimum absolute atomic E-state index is 0.301. The number of cyclic esters (lactones) is 1. The van der Waals surface area contributed by atoms with Crippen molar-refractivity contribution in [2.24, 2.45) is 0 Å². The van der Waals surface area contributed by atoms with Gasteiger partial charge in [-0.3, -0.25) is 4.90 Å². The molecule has 0 bridgehead atoms. The number of anilines is 1. The van der Waals surface area contributed by atoms with Crippen LogP contribution in [0.4, 0.5) is 10.5 Å². The summed E-state index contributed by atoms with van der Waals surface area (Å²) >= 11 is 0. The summed E-state index contributed by atoms with van der Waals surface area (Å²) in [6, 6.07) is 14.4. The Hall–Kier alpha value is -2.82. The van der Waals surface area contributed by atoms with Crippen LogP contribution >= 0.6 is 0 Å². The van der Waals surface area contributed by atoms with Gasteiger partial charge in [0.1, 0.15) is 12.4 Å². The Balaban J connectivity index is 1.82. The van der Waals surface area contributed by atoms with Crippen molar-refractivity contribution < 1.29 is 19.1 Å². The summed E-state index contributed by atoms with van der Waals surface area (Å²) in [4.78, 5) is 25.8. The fourth-order valence-corrected chi connectivity index (χ4v) is 2.79. The molecule has 130 valence electrons. The van der Waals surface area contributed by atoms with Gasteiger partial charge in [0, 0.05) is 5.69 Å².